The highest BCUT2D eigenvalue weighted by molar-refractivity contribution is 6.07. The average molecular weight is 314 g/mol. The first kappa shape index (κ1) is 15.1. The number of hydrogen-bond donors (Lipinski definition) is 1. The Morgan fingerprint density at radius 1 is 1.35 bits per heavy atom. The van der Waals surface area contributed by atoms with Crippen molar-refractivity contribution < 1.29 is 18.8 Å². The predicted molar refractivity (Wildman–Crippen MR) is 84.2 cm³/mol. The second kappa shape index (κ2) is 6.16. The minimum Gasteiger partial charge on any atom is -0.496 e. The van der Waals surface area contributed by atoms with Crippen LogP contribution in [-0.4, -0.2) is 24.3 Å². The maximum absolute atomic E-state index is 12.4. The highest BCUT2D eigenvalue weighted by Crippen LogP contribution is 2.30. The number of rotatable bonds is 5. The van der Waals surface area contributed by atoms with Crippen LogP contribution >= 0.6 is 0 Å². The van der Waals surface area contributed by atoms with Gasteiger partial charge in [0.2, 0.25) is 5.60 Å². The smallest absolute Gasteiger partial charge is 0.267 e. The molecule has 1 N–H and O–H groups in total. The minimum atomic E-state index is -1.04. The summed E-state index contributed by atoms with van der Waals surface area (Å²) >= 11 is 0. The maximum atomic E-state index is 12.4. The Kier molecular flexibility index (Phi) is 4.06. The van der Waals surface area contributed by atoms with Crippen LogP contribution in [0.1, 0.15) is 24.7 Å². The number of methoxy groups -OCH3 is 1. The van der Waals surface area contributed by atoms with Crippen molar-refractivity contribution in [3.63, 3.8) is 0 Å². The SMILES string of the molecule is COc1ccccc1C1=NO[C@](C)(C(=O)NCc2ccco2)C1. The standard InChI is InChI=1S/C17H18N2O4/c1-17(16(20)18-11-12-6-5-9-22-12)10-14(19-23-17)13-7-3-4-8-15(13)21-2/h3-9H,10-11H2,1-2H3,(H,18,20)/t17-/m0/s1. The van der Waals surface area contributed by atoms with E-state index in [1.54, 1.807) is 32.4 Å². The largest absolute Gasteiger partial charge is 0.496 e. The quantitative estimate of drug-likeness (QED) is 0.920. The van der Waals surface area contributed by atoms with Crippen molar-refractivity contribution in [1.29, 1.82) is 0 Å². The molecule has 0 radical (unpaired) electrons. The molecule has 0 unspecified atom stereocenters. The zero-order valence-corrected chi connectivity index (χ0v) is 13.0. The van der Waals surface area contributed by atoms with Gasteiger partial charge < -0.3 is 19.3 Å². The Bertz CT molecular complexity index is 724. The van der Waals surface area contributed by atoms with Crippen LogP contribution in [0.2, 0.25) is 0 Å². The first-order chi connectivity index (χ1) is 11.1. The van der Waals surface area contributed by atoms with E-state index in [0.717, 1.165) is 5.56 Å². The van der Waals surface area contributed by atoms with E-state index >= 15 is 0 Å². The molecule has 1 aliphatic rings. The van der Waals surface area contributed by atoms with Crippen LogP contribution in [0.5, 0.6) is 5.75 Å². The zero-order valence-electron chi connectivity index (χ0n) is 13.0. The van der Waals surface area contributed by atoms with Crippen LogP contribution in [0.3, 0.4) is 0 Å². The molecule has 6 nitrogen and oxygen atoms in total. The first-order valence-electron chi connectivity index (χ1n) is 7.31. The van der Waals surface area contributed by atoms with Crippen molar-refractivity contribution in [3.8, 4) is 5.75 Å². The van der Waals surface area contributed by atoms with Gasteiger partial charge in [0.1, 0.15) is 11.5 Å². The average Bonchev–Trinajstić information content (AvgIpc) is 3.23. The molecule has 0 bridgehead atoms. The van der Waals surface area contributed by atoms with Gasteiger partial charge in [0.25, 0.3) is 5.91 Å². The molecule has 0 fully saturated rings. The van der Waals surface area contributed by atoms with E-state index in [0.29, 0.717) is 30.2 Å². The number of ether oxygens (including phenoxy) is 1. The molecule has 1 aliphatic heterocycles. The van der Waals surface area contributed by atoms with E-state index in [4.69, 9.17) is 14.0 Å². The van der Waals surface area contributed by atoms with E-state index in [1.165, 1.54) is 0 Å². The van der Waals surface area contributed by atoms with Crippen LogP contribution in [0.25, 0.3) is 0 Å². The summed E-state index contributed by atoms with van der Waals surface area (Å²) in [5.74, 6) is 1.16. The summed E-state index contributed by atoms with van der Waals surface area (Å²) in [4.78, 5) is 17.8. The van der Waals surface area contributed by atoms with Crippen LogP contribution in [-0.2, 0) is 16.2 Å². The third-order valence-electron chi connectivity index (χ3n) is 3.76. The molecular weight excluding hydrogens is 296 g/mol. The number of benzene rings is 1. The molecule has 1 amide bonds. The van der Waals surface area contributed by atoms with Gasteiger partial charge in [-0.25, -0.2) is 0 Å². The molecule has 0 saturated heterocycles. The number of oxime groups is 1. The summed E-state index contributed by atoms with van der Waals surface area (Å²) < 4.78 is 10.5. The van der Waals surface area contributed by atoms with Crippen LogP contribution < -0.4 is 10.1 Å². The molecule has 2 aromatic rings. The van der Waals surface area contributed by atoms with Gasteiger partial charge in [-0.05, 0) is 31.2 Å². The molecule has 1 atom stereocenters. The number of carbonyl (C=O) groups excluding carboxylic acids is 1. The minimum absolute atomic E-state index is 0.234. The molecule has 1 aromatic heterocycles. The maximum Gasteiger partial charge on any atom is 0.267 e. The van der Waals surface area contributed by atoms with Crippen molar-refractivity contribution in [1.82, 2.24) is 5.32 Å². The lowest BCUT2D eigenvalue weighted by molar-refractivity contribution is -0.141. The van der Waals surface area contributed by atoms with Gasteiger partial charge in [-0.1, -0.05) is 17.3 Å². The second-order valence-electron chi connectivity index (χ2n) is 5.50. The molecular formula is C17H18N2O4. The van der Waals surface area contributed by atoms with Crippen LogP contribution in [0.4, 0.5) is 0 Å². The summed E-state index contributed by atoms with van der Waals surface area (Å²) in [6.07, 6.45) is 1.94. The number of nitrogens with zero attached hydrogens (tertiary/aromatic N) is 1. The highest BCUT2D eigenvalue weighted by Gasteiger charge is 2.42. The summed E-state index contributed by atoms with van der Waals surface area (Å²) in [5, 5.41) is 6.89. The second-order valence-corrected chi connectivity index (χ2v) is 5.50. The van der Waals surface area contributed by atoms with Gasteiger partial charge in [-0.15, -0.1) is 0 Å². The number of hydrogen-bond acceptors (Lipinski definition) is 5. The van der Waals surface area contributed by atoms with Crippen molar-refractivity contribution in [2.24, 2.45) is 5.16 Å². The Balaban J connectivity index is 1.68. The fourth-order valence-electron chi connectivity index (χ4n) is 2.46. The summed E-state index contributed by atoms with van der Waals surface area (Å²) in [6.45, 7) is 2.03. The highest BCUT2D eigenvalue weighted by atomic mass is 16.7. The number of amides is 1. The lowest BCUT2D eigenvalue weighted by atomic mass is 9.94. The van der Waals surface area contributed by atoms with Crippen LogP contribution in [0.15, 0.2) is 52.2 Å². The van der Waals surface area contributed by atoms with Crippen molar-refractivity contribution in [2.75, 3.05) is 7.11 Å². The molecule has 120 valence electrons. The lowest BCUT2D eigenvalue weighted by Gasteiger charge is -2.20. The predicted octanol–water partition coefficient (Wildman–Crippen LogP) is 2.49. The Labute approximate surface area is 134 Å². The molecule has 0 aliphatic carbocycles. The van der Waals surface area contributed by atoms with Gasteiger partial charge in [0, 0.05) is 12.0 Å². The summed E-state index contributed by atoms with van der Waals surface area (Å²) in [7, 11) is 1.60. The van der Waals surface area contributed by atoms with Gasteiger partial charge in [0.05, 0.1) is 25.6 Å². The lowest BCUT2D eigenvalue weighted by Crippen LogP contribution is -2.44. The van der Waals surface area contributed by atoms with E-state index in [9.17, 15) is 4.79 Å². The van der Waals surface area contributed by atoms with Crippen LogP contribution in [0, 0.1) is 0 Å². The molecule has 3 rings (SSSR count). The van der Waals surface area contributed by atoms with Gasteiger partial charge in [-0.3, -0.25) is 4.79 Å². The Morgan fingerprint density at radius 3 is 2.91 bits per heavy atom. The zero-order chi connectivity index (χ0) is 16.3. The molecule has 2 heterocycles. The number of nitrogens with one attached hydrogen (secondary N) is 1. The fraction of sp³-hybridized carbons (Fsp3) is 0.294. The number of para-hydroxylation sites is 1. The summed E-state index contributed by atoms with van der Waals surface area (Å²) in [6, 6.07) is 11.1. The van der Waals surface area contributed by atoms with Crippen molar-refractivity contribution >= 4 is 11.6 Å². The van der Waals surface area contributed by atoms with Crippen molar-refractivity contribution in [3.05, 3.63) is 54.0 Å². The van der Waals surface area contributed by atoms with E-state index in [1.807, 2.05) is 24.3 Å². The fourth-order valence-corrected chi connectivity index (χ4v) is 2.46. The van der Waals surface area contributed by atoms with E-state index in [-0.39, 0.29) is 5.91 Å². The normalized spacial score (nSPS) is 19.8. The van der Waals surface area contributed by atoms with E-state index in [2.05, 4.69) is 10.5 Å². The van der Waals surface area contributed by atoms with Gasteiger partial charge in [-0.2, -0.15) is 0 Å². The monoisotopic (exact) mass is 314 g/mol. The Morgan fingerprint density at radius 2 is 2.17 bits per heavy atom. The molecule has 0 spiro atoms. The summed E-state index contributed by atoms with van der Waals surface area (Å²) in [5.41, 5.74) is 0.485. The van der Waals surface area contributed by atoms with Crippen molar-refractivity contribution in [2.45, 2.75) is 25.5 Å². The Hall–Kier alpha value is -2.76. The number of carbonyl (C=O) groups is 1. The third-order valence-corrected chi connectivity index (χ3v) is 3.76. The first-order valence-corrected chi connectivity index (χ1v) is 7.31. The van der Waals surface area contributed by atoms with Gasteiger partial charge >= 0.3 is 0 Å². The topological polar surface area (TPSA) is 73.1 Å². The molecule has 6 heteroatoms. The molecule has 0 saturated carbocycles. The molecule has 1 aromatic carbocycles. The molecule has 23 heavy (non-hydrogen) atoms. The van der Waals surface area contributed by atoms with E-state index < -0.39 is 5.60 Å². The third kappa shape index (κ3) is 3.06. The van der Waals surface area contributed by atoms with Gasteiger partial charge in [0.15, 0.2) is 0 Å². The number of furan rings is 1.